The van der Waals surface area contributed by atoms with Gasteiger partial charge in [0.05, 0.1) is 0 Å². The Morgan fingerprint density at radius 3 is 2.86 bits per heavy atom. The summed E-state index contributed by atoms with van der Waals surface area (Å²) in [6, 6.07) is 4.34. The maximum absolute atomic E-state index is 11.1. The van der Waals surface area contributed by atoms with Crippen molar-refractivity contribution in [1.29, 1.82) is 5.39 Å². The molecule has 0 bridgehead atoms. The van der Waals surface area contributed by atoms with Gasteiger partial charge in [0.15, 0.2) is 4.98 Å². The lowest BCUT2D eigenvalue weighted by molar-refractivity contribution is -0.267. The van der Waals surface area contributed by atoms with Crippen molar-refractivity contribution in [3.8, 4) is 5.75 Å². The minimum Gasteiger partial charge on any atom is -0.867 e. The molecule has 0 aliphatic rings. The number of carboxylic acids is 1. The maximum atomic E-state index is 11.1. The van der Waals surface area contributed by atoms with Crippen molar-refractivity contribution < 1.29 is 15.0 Å². The second-order valence-corrected chi connectivity index (χ2v) is 2.76. The van der Waals surface area contributed by atoms with Gasteiger partial charge in [-0.3, -0.25) is 4.79 Å². The summed E-state index contributed by atoms with van der Waals surface area (Å²) in [7, 11) is 0. The minimum absolute atomic E-state index is 0.0752. The SMILES string of the molecule is N#[N+]c1c([O-])cccc1CCC(=O)O. The molecule has 14 heavy (non-hydrogen) atoms. The van der Waals surface area contributed by atoms with Crippen LogP contribution in [0.25, 0.3) is 4.98 Å². The van der Waals surface area contributed by atoms with Gasteiger partial charge in [-0.25, -0.2) is 0 Å². The number of diazo groups is 1. The van der Waals surface area contributed by atoms with Crippen molar-refractivity contribution in [2.45, 2.75) is 12.8 Å². The topological polar surface area (TPSA) is 88.5 Å². The fraction of sp³-hybridized carbons (Fsp3) is 0.222. The van der Waals surface area contributed by atoms with Crippen LogP contribution in [0.4, 0.5) is 5.69 Å². The molecule has 0 heterocycles. The standard InChI is InChI=1S/C9H8N2O3/c10-11-9-6(4-5-8(13)14)2-1-3-7(9)12/h1-3H,4-5H2,(H-,12,13,14). The number of carbonyl (C=O) groups is 1. The Bertz CT molecular complexity index is 396. The molecule has 0 aliphatic carbocycles. The lowest BCUT2D eigenvalue weighted by atomic mass is 10.1. The molecular weight excluding hydrogens is 184 g/mol. The Hall–Kier alpha value is -2.09. The Morgan fingerprint density at radius 2 is 2.29 bits per heavy atom. The predicted molar refractivity (Wildman–Crippen MR) is 46.6 cm³/mol. The van der Waals surface area contributed by atoms with Gasteiger partial charge < -0.3 is 10.2 Å². The fourth-order valence-electron chi connectivity index (χ4n) is 1.12. The number of rotatable bonds is 3. The fourth-order valence-corrected chi connectivity index (χ4v) is 1.12. The molecule has 0 spiro atoms. The summed E-state index contributed by atoms with van der Waals surface area (Å²) in [5, 5.41) is 28.1. The highest BCUT2D eigenvalue weighted by Crippen LogP contribution is 2.28. The largest absolute Gasteiger partial charge is 0.867 e. The molecule has 5 heteroatoms. The van der Waals surface area contributed by atoms with E-state index in [4.69, 9.17) is 10.5 Å². The lowest BCUT2D eigenvalue weighted by Gasteiger charge is -2.02. The highest BCUT2D eigenvalue weighted by atomic mass is 16.4. The third-order valence-corrected chi connectivity index (χ3v) is 1.79. The van der Waals surface area contributed by atoms with Gasteiger partial charge in [-0.1, -0.05) is 18.2 Å². The predicted octanol–water partition coefficient (Wildman–Crippen LogP) is 1.26. The van der Waals surface area contributed by atoms with Gasteiger partial charge in [0, 0.05) is 12.0 Å². The van der Waals surface area contributed by atoms with E-state index in [1.165, 1.54) is 12.1 Å². The Morgan fingerprint density at radius 1 is 1.57 bits per heavy atom. The van der Waals surface area contributed by atoms with Gasteiger partial charge >= 0.3 is 11.7 Å². The summed E-state index contributed by atoms with van der Waals surface area (Å²) in [6.45, 7) is 0. The van der Waals surface area contributed by atoms with Crippen LogP contribution in [0.2, 0.25) is 0 Å². The normalized spacial score (nSPS) is 9.36. The molecule has 0 unspecified atom stereocenters. The Balaban J connectivity index is 2.92. The van der Waals surface area contributed by atoms with Crippen LogP contribution >= 0.6 is 0 Å². The van der Waals surface area contributed by atoms with Crippen LogP contribution in [-0.2, 0) is 11.2 Å². The number of hydrogen-bond acceptors (Lipinski definition) is 3. The van der Waals surface area contributed by atoms with Crippen molar-refractivity contribution in [1.82, 2.24) is 0 Å². The van der Waals surface area contributed by atoms with Crippen LogP contribution in [0.3, 0.4) is 0 Å². The summed E-state index contributed by atoms with van der Waals surface area (Å²) in [4.78, 5) is 13.1. The molecule has 5 nitrogen and oxygen atoms in total. The molecule has 0 fully saturated rings. The van der Waals surface area contributed by atoms with Crippen LogP contribution in [0.1, 0.15) is 12.0 Å². The molecule has 0 atom stereocenters. The molecule has 0 amide bonds. The number of nitrogens with zero attached hydrogens (tertiary/aromatic N) is 2. The van der Waals surface area contributed by atoms with Gasteiger partial charge in [0.2, 0.25) is 5.39 Å². The molecule has 1 aromatic carbocycles. The van der Waals surface area contributed by atoms with E-state index in [0.717, 1.165) is 0 Å². The first-order valence-corrected chi connectivity index (χ1v) is 4.01. The quantitative estimate of drug-likeness (QED) is 0.730. The molecule has 0 radical (unpaired) electrons. The van der Waals surface area contributed by atoms with Crippen molar-refractivity contribution in [2.75, 3.05) is 0 Å². The van der Waals surface area contributed by atoms with Gasteiger partial charge in [-0.2, -0.15) is 0 Å². The Labute approximate surface area is 80.2 Å². The third kappa shape index (κ3) is 2.20. The van der Waals surface area contributed by atoms with Crippen molar-refractivity contribution >= 4 is 11.7 Å². The van der Waals surface area contributed by atoms with E-state index in [1.807, 2.05) is 0 Å². The smallest absolute Gasteiger partial charge is 0.380 e. The van der Waals surface area contributed by atoms with E-state index in [0.29, 0.717) is 5.56 Å². The number of hydrogen-bond donors (Lipinski definition) is 1. The first-order valence-electron chi connectivity index (χ1n) is 4.01. The third-order valence-electron chi connectivity index (χ3n) is 1.79. The monoisotopic (exact) mass is 192 g/mol. The molecule has 0 saturated carbocycles. The lowest BCUT2D eigenvalue weighted by Crippen LogP contribution is -1.99. The summed E-state index contributed by atoms with van der Waals surface area (Å²) in [5.74, 6) is -1.36. The molecular formula is C9H8N2O3. The highest BCUT2D eigenvalue weighted by Gasteiger charge is 2.14. The van der Waals surface area contributed by atoms with E-state index in [-0.39, 0.29) is 18.5 Å². The number of carboxylic acid groups (broad SMARTS) is 1. The van der Waals surface area contributed by atoms with E-state index in [1.54, 1.807) is 6.07 Å². The van der Waals surface area contributed by atoms with Crippen molar-refractivity contribution in [3.63, 3.8) is 0 Å². The summed E-state index contributed by atoms with van der Waals surface area (Å²) in [6.07, 6.45) is 0.0940. The van der Waals surface area contributed by atoms with Gasteiger partial charge in [0.25, 0.3) is 0 Å². The van der Waals surface area contributed by atoms with Gasteiger partial charge in [-0.15, -0.1) is 0 Å². The van der Waals surface area contributed by atoms with Crippen molar-refractivity contribution in [2.24, 2.45) is 0 Å². The van der Waals surface area contributed by atoms with E-state index in [2.05, 4.69) is 4.98 Å². The molecule has 1 rings (SSSR count). The first-order chi connectivity index (χ1) is 6.65. The van der Waals surface area contributed by atoms with E-state index >= 15 is 0 Å². The zero-order valence-electron chi connectivity index (χ0n) is 7.30. The molecule has 0 saturated heterocycles. The molecule has 0 aromatic heterocycles. The molecule has 0 aliphatic heterocycles. The number of aliphatic carboxylic acids is 1. The summed E-state index contributed by atoms with van der Waals surface area (Å²) >= 11 is 0. The number of aryl methyl sites for hydroxylation is 1. The zero-order valence-corrected chi connectivity index (χ0v) is 7.30. The van der Waals surface area contributed by atoms with E-state index < -0.39 is 11.7 Å². The zero-order chi connectivity index (χ0) is 10.6. The van der Waals surface area contributed by atoms with Crippen LogP contribution in [0, 0.1) is 5.39 Å². The van der Waals surface area contributed by atoms with Crippen LogP contribution < -0.4 is 5.11 Å². The molecule has 72 valence electrons. The Kier molecular flexibility index (Phi) is 3.02. The maximum Gasteiger partial charge on any atom is 0.380 e. The average Bonchev–Trinajstić information content (AvgIpc) is 2.14. The van der Waals surface area contributed by atoms with Crippen LogP contribution in [0.5, 0.6) is 5.75 Å². The molecule has 1 N–H and O–H groups in total. The second-order valence-electron chi connectivity index (χ2n) is 2.76. The van der Waals surface area contributed by atoms with Gasteiger partial charge in [-0.05, 0) is 12.2 Å². The highest BCUT2D eigenvalue weighted by molar-refractivity contribution is 5.68. The minimum atomic E-state index is -0.954. The van der Waals surface area contributed by atoms with Crippen LogP contribution in [0.15, 0.2) is 18.2 Å². The van der Waals surface area contributed by atoms with Crippen LogP contribution in [-0.4, -0.2) is 11.1 Å². The average molecular weight is 192 g/mol. The first kappa shape index (κ1) is 9.99. The summed E-state index contributed by atoms with van der Waals surface area (Å²) < 4.78 is 0. The molecule has 1 aromatic rings. The van der Waals surface area contributed by atoms with E-state index in [9.17, 15) is 9.90 Å². The van der Waals surface area contributed by atoms with Gasteiger partial charge in [0.1, 0.15) is 0 Å². The van der Waals surface area contributed by atoms with Crippen molar-refractivity contribution in [3.05, 3.63) is 28.7 Å². The second kappa shape index (κ2) is 4.23. The summed E-state index contributed by atoms with van der Waals surface area (Å²) in [5.41, 5.74) is 0.371. The number of benzene rings is 1.